The van der Waals surface area contributed by atoms with Gasteiger partial charge in [0.1, 0.15) is 0 Å². The normalized spacial score (nSPS) is 24.4. The molecule has 44 valence electrons. The van der Waals surface area contributed by atoms with E-state index in [1.807, 2.05) is 0 Å². The van der Waals surface area contributed by atoms with Gasteiger partial charge in [-0.2, -0.15) is 0 Å². The predicted octanol–water partition coefficient (Wildman–Crippen LogP) is 2.67. The van der Waals surface area contributed by atoms with Crippen LogP contribution in [0.15, 0.2) is 23.8 Å². The van der Waals surface area contributed by atoms with Gasteiger partial charge in [-0.1, -0.05) is 23.8 Å². The summed E-state index contributed by atoms with van der Waals surface area (Å²) in [5.41, 5.74) is 1.59. The first-order chi connectivity index (χ1) is 3.93. The van der Waals surface area contributed by atoms with Gasteiger partial charge in [0.05, 0.1) is 0 Å². The lowest BCUT2D eigenvalue weighted by Crippen LogP contribution is -1.85. The van der Waals surface area contributed by atoms with Gasteiger partial charge in [-0.3, -0.25) is 0 Å². The van der Waals surface area contributed by atoms with Crippen molar-refractivity contribution in [3.8, 4) is 0 Å². The van der Waals surface area contributed by atoms with Crippen LogP contribution in [0.3, 0.4) is 0 Å². The Morgan fingerprint density at radius 1 is 1.50 bits per heavy atom. The van der Waals surface area contributed by atoms with Crippen LogP contribution in [0.5, 0.6) is 0 Å². The molecule has 0 atom stereocenters. The first-order valence-corrected chi connectivity index (χ1v) is 3.22. The van der Waals surface area contributed by atoms with Crippen LogP contribution in [0.25, 0.3) is 0 Å². The van der Waals surface area contributed by atoms with E-state index in [0.717, 1.165) is 0 Å². The van der Waals surface area contributed by atoms with Crippen LogP contribution < -0.4 is 0 Å². The third-order valence-electron chi connectivity index (χ3n) is 1.59. The molecule has 0 aromatic heterocycles. The smallest absolute Gasteiger partial charge is 0.0139 e. The highest BCUT2D eigenvalue weighted by atomic mass is 14.0. The Morgan fingerprint density at radius 3 is 2.75 bits per heavy atom. The van der Waals surface area contributed by atoms with Gasteiger partial charge in [0, 0.05) is 0 Å². The number of hydrogen-bond donors (Lipinski definition) is 0. The van der Waals surface area contributed by atoms with E-state index >= 15 is 0 Å². The van der Waals surface area contributed by atoms with E-state index in [0.29, 0.717) is 0 Å². The molecule has 0 N–H and O–H groups in total. The van der Waals surface area contributed by atoms with Crippen molar-refractivity contribution < 1.29 is 0 Å². The molecule has 0 saturated carbocycles. The maximum atomic E-state index is 2.26. The second-order valence-corrected chi connectivity index (χ2v) is 2.16. The molecule has 8 heavy (non-hydrogen) atoms. The lowest BCUT2D eigenvalue weighted by molar-refractivity contribution is 0.896. The molecule has 1 rings (SSSR count). The van der Waals surface area contributed by atoms with Crippen molar-refractivity contribution >= 4 is 0 Å². The first kappa shape index (κ1) is 5.61. The summed E-state index contributed by atoms with van der Waals surface area (Å²) in [6.07, 6.45) is 10.5. The molecule has 0 radical (unpaired) electrons. The van der Waals surface area contributed by atoms with Gasteiger partial charge in [0.15, 0.2) is 0 Å². The molecule has 0 aliphatic heterocycles. The standard InChI is InChI=1S/C8H12/c1-2-8-6-4-3-5-7-8/h2-4H,5-7H2,1H3. The van der Waals surface area contributed by atoms with Crippen molar-refractivity contribution in [2.45, 2.75) is 26.2 Å². The molecule has 0 heteroatoms. The van der Waals surface area contributed by atoms with Gasteiger partial charge in [-0.05, 0) is 26.2 Å². The number of hydrogen-bond acceptors (Lipinski definition) is 0. The summed E-state index contributed by atoms with van der Waals surface area (Å²) < 4.78 is 0. The van der Waals surface area contributed by atoms with Crippen LogP contribution in [-0.4, -0.2) is 0 Å². The second-order valence-electron chi connectivity index (χ2n) is 2.16. The van der Waals surface area contributed by atoms with E-state index < -0.39 is 0 Å². The summed E-state index contributed by atoms with van der Waals surface area (Å²) in [6, 6.07) is 0. The van der Waals surface area contributed by atoms with Crippen molar-refractivity contribution in [1.29, 1.82) is 0 Å². The molecule has 0 saturated heterocycles. The zero-order valence-electron chi connectivity index (χ0n) is 5.35. The first-order valence-electron chi connectivity index (χ1n) is 3.22. The highest BCUT2D eigenvalue weighted by molar-refractivity contribution is 5.11. The van der Waals surface area contributed by atoms with Crippen LogP contribution >= 0.6 is 0 Å². The van der Waals surface area contributed by atoms with Crippen molar-refractivity contribution in [3.63, 3.8) is 0 Å². The summed E-state index contributed by atoms with van der Waals surface area (Å²) in [4.78, 5) is 0. The minimum Gasteiger partial charge on any atom is -0.0881 e. The highest BCUT2D eigenvalue weighted by Gasteiger charge is 1.95. The van der Waals surface area contributed by atoms with Crippen LogP contribution in [-0.2, 0) is 0 Å². The molecule has 0 nitrogen and oxygen atoms in total. The SMILES string of the molecule is CC=C1CC=CCC1. The van der Waals surface area contributed by atoms with Gasteiger partial charge >= 0.3 is 0 Å². The molecule has 0 amide bonds. The van der Waals surface area contributed by atoms with E-state index in [9.17, 15) is 0 Å². The molecule has 0 aromatic rings. The minimum atomic E-state index is 1.19. The quantitative estimate of drug-likeness (QED) is 0.418. The zero-order chi connectivity index (χ0) is 5.82. The van der Waals surface area contributed by atoms with E-state index in [2.05, 4.69) is 25.2 Å². The number of allylic oxidation sites excluding steroid dienone is 4. The van der Waals surface area contributed by atoms with Gasteiger partial charge in [0.2, 0.25) is 0 Å². The Balaban J connectivity index is 2.50. The molecule has 1 aliphatic carbocycles. The molecule has 0 unspecified atom stereocenters. The summed E-state index contributed by atoms with van der Waals surface area (Å²) >= 11 is 0. The summed E-state index contributed by atoms with van der Waals surface area (Å²) in [5.74, 6) is 0. The molecular weight excluding hydrogens is 96.1 g/mol. The Labute approximate surface area is 50.9 Å². The molecule has 0 fully saturated rings. The van der Waals surface area contributed by atoms with Crippen LogP contribution in [0, 0.1) is 0 Å². The van der Waals surface area contributed by atoms with Gasteiger partial charge < -0.3 is 0 Å². The average Bonchev–Trinajstić information content (AvgIpc) is 1.90. The van der Waals surface area contributed by atoms with Crippen molar-refractivity contribution in [2.75, 3.05) is 0 Å². The minimum absolute atomic E-state index is 1.19. The third-order valence-corrected chi connectivity index (χ3v) is 1.59. The number of rotatable bonds is 0. The third kappa shape index (κ3) is 1.22. The summed E-state index contributed by atoms with van der Waals surface area (Å²) in [6.45, 7) is 2.12. The van der Waals surface area contributed by atoms with E-state index in [1.54, 1.807) is 5.57 Å². The summed E-state index contributed by atoms with van der Waals surface area (Å²) in [5, 5.41) is 0. The van der Waals surface area contributed by atoms with Crippen molar-refractivity contribution in [3.05, 3.63) is 23.8 Å². The maximum absolute atomic E-state index is 2.26. The molecule has 0 spiro atoms. The lowest BCUT2D eigenvalue weighted by atomic mass is 10.0. The molecule has 0 aromatic carbocycles. The lowest BCUT2D eigenvalue weighted by Gasteiger charge is -2.05. The Bertz CT molecular complexity index is 118. The van der Waals surface area contributed by atoms with Gasteiger partial charge in [-0.15, -0.1) is 0 Å². The van der Waals surface area contributed by atoms with Crippen LogP contribution in [0.2, 0.25) is 0 Å². The Morgan fingerprint density at radius 2 is 2.38 bits per heavy atom. The predicted molar refractivity (Wildman–Crippen MR) is 36.7 cm³/mol. The van der Waals surface area contributed by atoms with Crippen LogP contribution in [0.4, 0.5) is 0 Å². The van der Waals surface area contributed by atoms with Crippen molar-refractivity contribution in [2.24, 2.45) is 0 Å². The summed E-state index contributed by atoms with van der Waals surface area (Å²) in [7, 11) is 0. The molecular formula is C8H12. The Kier molecular flexibility index (Phi) is 1.90. The largest absolute Gasteiger partial charge is 0.0881 e. The highest BCUT2D eigenvalue weighted by Crippen LogP contribution is 2.15. The van der Waals surface area contributed by atoms with E-state index in [1.165, 1.54) is 19.3 Å². The maximum Gasteiger partial charge on any atom is -0.0139 e. The zero-order valence-corrected chi connectivity index (χ0v) is 5.35. The average molecular weight is 108 g/mol. The molecule has 1 aliphatic rings. The molecule has 0 heterocycles. The fourth-order valence-corrected chi connectivity index (χ4v) is 0.986. The van der Waals surface area contributed by atoms with Crippen molar-refractivity contribution in [1.82, 2.24) is 0 Å². The van der Waals surface area contributed by atoms with E-state index in [-0.39, 0.29) is 0 Å². The molecule has 0 bridgehead atoms. The fraction of sp³-hybridized carbons (Fsp3) is 0.500. The second kappa shape index (κ2) is 2.71. The van der Waals surface area contributed by atoms with Gasteiger partial charge in [0.25, 0.3) is 0 Å². The van der Waals surface area contributed by atoms with Crippen LogP contribution in [0.1, 0.15) is 26.2 Å². The van der Waals surface area contributed by atoms with E-state index in [4.69, 9.17) is 0 Å². The Hall–Kier alpha value is -0.520. The topological polar surface area (TPSA) is 0 Å². The fourth-order valence-electron chi connectivity index (χ4n) is 0.986. The van der Waals surface area contributed by atoms with Gasteiger partial charge in [-0.25, -0.2) is 0 Å². The monoisotopic (exact) mass is 108 g/mol.